The van der Waals surface area contributed by atoms with Crippen molar-refractivity contribution in [2.75, 3.05) is 35.5 Å². The molecule has 0 unspecified atom stereocenters. The van der Waals surface area contributed by atoms with Crippen LogP contribution in [-0.4, -0.2) is 72.1 Å². The van der Waals surface area contributed by atoms with Gasteiger partial charge in [0, 0.05) is 61.7 Å². The molecule has 0 heterocycles. The zero-order valence-electron chi connectivity index (χ0n) is 22.1. The van der Waals surface area contributed by atoms with E-state index in [1.807, 2.05) is 13.0 Å². The van der Waals surface area contributed by atoms with Crippen molar-refractivity contribution >= 4 is 0 Å². The normalized spacial score (nSPS) is 18.2. The van der Waals surface area contributed by atoms with E-state index in [-0.39, 0.29) is 36.6 Å². The van der Waals surface area contributed by atoms with Crippen LogP contribution in [0.5, 0.6) is 0 Å². The second kappa shape index (κ2) is 18.9. The average Bonchev–Trinajstić information content (AvgIpc) is 2.82. The lowest BCUT2D eigenvalue weighted by molar-refractivity contribution is -0.0388. The van der Waals surface area contributed by atoms with Crippen LogP contribution < -0.4 is 0 Å². The summed E-state index contributed by atoms with van der Waals surface area (Å²) in [6.45, 7) is 17.0. The summed E-state index contributed by atoms with van der Waals surface area (Å²) in [5, 5.41) is 0. The maximum absolute atomic E-state index is 7.10. The molecule has 0 aliphatic carbocycles. The molecule has 190 valence electrons. The lowest BCUT2D eigenvalue weighted by Gasteiger charge is -2.28. The van der Waals surface area contributed by atoms with Crippen LogP contribution in [-0.2, 0) is 23.7 Å². The van der Waals surface area contributed by atoms with Crippen molar-refractivity contribution in [2.24, 2.45) is 0 Å². The minimum absolute atomic E-state index is 0.000305. The summed E-state index contributed by atoms with van der Waals surface area (Å²) >= 11 is 0. The Labute approximate surface area is 202 Å². The predicted octanol–water partition coefficient (Wildman–Crippen LogP) is 5.79. The molecule has 0 aromatic heterocycles. The lowest BCUT2D eigenvalue weighted by atomic mass is 9.95. The first kappa shape index (κ1) is 31.5. The lowest BCUT2D eigenvalue weighted by Crippen LogP contribution is -2.31. The van der Waals surface area contributed by atoms with Gasteiger partial charge in [0.2, 0.25) is 6.04 Å². The first-order chi connectivity index (χ1) is 15.8. The molecular weight excluding hydrogens is 418 g/mol. The van der Waals surface area contributed by atoms with Gasteiger partial charge in [-0.2, -0.15) is 0 Å². The largest absolute Gasteiger partial charge is 0.381 e. The van der Waals surface area contributed by atoms with Crippen molar-refractivity contribution < 1.29 is 23.7 Å². The van der Waals surface area contributed by atoms with E-state index in [0.29, 0.717) is 0 Å². The van der Waals surface area contributed by atoms with Crippen molar-refractivity contribution in [2.45, 2.75) is 95.9 Å². The molecule has 0 aliphatic heterocycles. The maximum atomic E-state index is 7.10. The number of ether oxygens (including phenoxy) is 5. The Morgan fingerprint density at radius 1 is 0.788 bits per heavy atom. The molecule has 0 rings (SSSR count). The molecule has 0 spiro atoms. The second-order valence-electron chi connectivity index (χ2n) is 8.67. The predicted molar refractivity (Wildman–Crippen MR) is 135 cm³/mol. The summed E-state index contributed by atoms with van der Waals surface area (Å²) in [6, 6.07) is 0.00240. The smallest absolute Gasteiger partial charge is 0.224 e. The molecule has 0 aromatic carbocycles. The van der Waals surface area contributed by atoms with E-state index in [1.165, 1.54) is 0 Å². The first-order valence-corrected chi connectivity index (χ1v) is 11.7. The molecule has 0 radical (unpaired) electrons. The fourth-order valence-electron chi connectivity index (χ4n) is 3.85. The highest BCUT2D eigenvalue weighted by Crippen LogP contribution is 2.23. The molecular formula is C27H47NO5. The zero-order chi connectivity index (χ0) is 25.2. The molecule has 0 aliphatic rings. The maximum Gasteiger partial charge on any atom is 0.224 e. The SMILES string of the molecule is [C-]#[N+][C@@H](C)C/C=C(C)/C=C(\C)[C@H](C[C@H](C[C@H](C[C@H](C[C@H](CC=C)OC)OC)OC)OC)OC. The van der Waals surface area contributed by atoms with Gasteiger partial charge in [-0.15, -0.1) is 6.58 Å². The van der Waals surface area contributed by atoms with Crippen LogP contribution in [0.4, 0.5) is 0 Å². The highest BCUT2D eigenvalue weighted by atomic mass is 16.5. The van der Waals surface area contributed by atoms with Gasteiger partial charge in [-0.3, -0.25) is 0 Å². The number of rotatable bonds is 19. The van der Waals surface area contributed by atoms with E-state index in [1.54, 1.807) is 35.5 Å². The van der Waals surface area contributed by atoms with Crippen LogP contribution >= 0.6 is 0 Å². The van der Waals surface area contributed by atoms with Crippen LogP contribution in [0.1, 0.15) is 59.3 Å². The Morgan fingerprint density at radius 3 is 1.70 bits per heavy atom. The van der Waals surface area contributed by atoms with Gasteiger partial charge in [-0.25, -0.2) is 6.57 Å². The van der Waals surface area contributed by atoms with Crippen LogP contribution in [0, 0.1) is 6.57 Å². The van der Waals surface area contributed by atoms with Gasteiger partial charge >= 0.3 is 0 Å². The van der Waals surface area contributed by atoms with E-state index >= 15 is 0 Å². The van der Waals surface area contributed by atoms with Gasteiger partial charge in [-0.05, 0) is 38.7 Å². The molecule has 0 N–H and O–H groups in total. The Balaban J connectivity index is 5.10. The molecule has 33 heavy (non-hydrogen) atoms. The number of nitrogens with zero attached hydrogens (tertiary/aromatic N) is 1. The van der Waals surface area contributed by atoms with Gasteiger partial charge in [0.15, 0.2) is 0 Å². The molecule has 0 bridgehead atoms. The number of hydrogen-bond donors (Lipinski definition) is 0. The minimum atomic E-state index is -0.0576. The fourth-order valence-corrected chi connectivity index (χ4v) is 3.85. The minimum Gasteiger partial charge on any atom is -0.381 e. The van der Waals surface area contributed by atoms with Crippen LogP contribution in [0.3, 0.4) is 0 Å². The third-order valence-corrected chi connectivity index (χ3v) is 6.07. The molecule has 0 aromatic rings. The third kappa shape index (κ3) is 13.7. The van der Waals surface area contributed by atoms with E-state index in [9.17, 15) is 0 Å². The summed E-state index contributed by atoms with van der Waals surface area (Å²) in [7, 11) is 8.65. The van der Waals surface area contributed by atoms with Crippen molar-refractivity contribution in [3.63, 3.8) is 0 Å². The highest BCUT2D eigenvalue weighted by Gasteiger charge is 2.25. The Kier molecular flexibility index (Phi) is 18.0. The Hall–Kier alpha value is -1.49. The summed E-state index contributed by atoms with van der Waals surface area (Å²) in [6.07, 6.45) is 10.7. The topological polar surface area (TPSA) is 50.5 Å². The summed E-state index contributed by atoms with van der Waals surface area (Å²) in [5.41, 5.74) is 2.28. The quantitative estimate of drug-likeness (QED) is 0.137. The number of hydrogen-bond acceptors (Lipinski definition) is 5. The fraction of sp³-hybridized carbons (Fsp3) is 0.741. The summed E-state index contributed by atoms with van der Waals surface area (Å²) in [4.78, 5) is 3.54. The van der Waals surface area contributed by atoms with Crippen LogP contribution in [0.2, 0.25) is 0 Å². The molecule has 6 nitrogen and oxygen atoms in total. The Bertz CT molecular complexity index is 624. The second-order valence-corrected chi connectivity index (χ2v) is 8.67. The number of allylic oxidation sites excluding steroid dienone is 2. The molecule has 0 fully saturated rings. The Morgan fingerprint density at radius 2 is 1.27 bits per heavy atom. The van der Waals surface area contributed by atoms with Gasteiger partial charge in [-0.1, -0.05) is 23.8 Å². The van der Waals surface area contributed by atoms with Gasteiger partial charge in [0.25, 0.3) is 0 Å². The first-order valence-electron chi connectivity index (χ1n) is 11.7. The van der Waals surface area contributed by atoms with Crippen molar-refractivity contribution in [3.05, 3.63) is 47.4 Å². The van der Waals surface area contributed by atoms with Crippen LogP contribution in [0.25, 0.3) is 4.85 Å². The molecule has 6 heteroatoms. The molecule has 0 saturated heterocycles. The van der Waals surface area contributed by atoms with E-state index in [4.69, 9.17) is 30.3 Å². The molecule has 6 atom stereocenters. The summed E-state index contributed by atoms with van der Waals surface area (Å²) < 4.78 is 28.6. The van der Waals surface area contributed by atoms with Crippen LogP contribution in [0.15, 0.2) is 36.0 Å². The molecule has 0 saturated carbocycles. The van der Waals surface area contributed by atoms with E-state index in [2.05, 4.69) is 37.4 Å². The van der Waals surface area contributed by atoms with Gasteiger partial charge in [0.1, 0.15) is 0 Å². The number of methoxy groups -OCH3 is 5. The van der Waals surface area contributed by atoms with E-state index < -0.39 is 0 Å². The van der Waals surface area contributed by atoms with Gasteiger partial charge < -0.3 is 28.5 Å². The monoisotopic (exact) mass is 465 g/mol. The van der Waals surface area contributed by atoms with Crippen molar-refractivity contribution in [3.8, 4) is 0 Å². The van der Waals surface area contributed by atoms with Crippen molar-refractivity contribution in [1.82, 2.24) is 0 Å². The average molecular weight is 466 g/mol. The highest BCUT2D eigenvalue weighted by molar-refractivity contribution is 5.23. The zero-order valence-corrected chi connectivity index (χ0v) is 22.1. The summed E-state index contributed by atoms with van der Waals surface area (Å²) in [5.74, 6) is 0. The molecule has 0 amide bonds. The van der Waals surface area contributed by atoms with E-state index in [0.717, 1.165) is 49.7 Å². The third-order valence-electron chi connectivity index (χ3n) is 6.07. The van der Waals surface area contributed by atoms with Gasteiger partial charge in [0.05, 0.1) is 30.5 Å². The standard InChI is InChI=1S/C27H47NO5/c1-11-12-23(29-6)16-24(30-7)17-25(31-8)18-26(32-9)19-27(33-10)21(3)15-20(2)13-14-22(4)28-5/h11,13,15,22-27H,1,12,14,16-19H2,2-4,6-10H3/b20-13+,21-15+/t22-,23-,24-,25-,26-,27-/m0/s1. The van der Waals surface area contributed by atoms with Crippen molar-refractivity contribution in [1.29, 1.82) is 0 Å².